The van der Waals surface area contributed by atoms with E-state index >= 15 is 0 Å². The van der Waals surface area contributed by atoms with Gasteiger partial charge in [-0.05, 0) is 59.2 Å². The van der Waals surface area contributed by atoms with Crippen LogP contribution in [0.2, 0.25) is 0 Å². The van der Waals surface area contributed by atoms with Gasteiger partial charge in [0.1, 0.15) is 0 Å². The van der Waals surface area contributed by atoms with E-state index in [-0.39, 0.29) is 5.54 Å². The largest absolute Gasteiger partial charge is 0.316 e. The molecule has 0 aromatic rings. The predicted octanol–water partition coefficient (Wildman–Crippen LogP) is 0.789. The Morgan fingerprint density at radius 2 is 1.94 bits per heavy atom. The summed E-state index contributed by atoms with van der Waals surface area (Å²) in [6, 6.07) is 0. The van der Waals surface area contributed by atoms with E-state index in [9.17, 15) is 8.42 Å². The van der Waals surface area contributed by atoms with E-state index in [4.69, 9.17) is 0 Å². The summed E-state index contributed by atoms with van der Waals surface area (Å²) in [4.78, 5) is 0. The number of hydrogen-bond donors (Lipinski definition) is 2. The zero-order valence-electron chi connectivity index (χ0n) is 11.3. The average molecular weight is 262 g/mol. The molecule has 17 heavy (non-hydrogen) atoms. The minimum atomic E-state index is -2.71. The van der Waals surface area contributed by atoms with Gasteiger partial charge in [-0.2, -0.15) is 0 Å². The van der Waals surface area contributed by atoms with Gasteiger partial charge < -0.3 is 10.6 Å². The zero-order chi connectivity index (χ0) is 12.9. The fourth-order valence-electron chi connectivity index (χ4n) is 2.02. The van der Waals surface area contributed by atoms with Crippen LogP contribution in [0.15, 0.2) is 0 Å². The van der Waals surface area contributed by atoms with Gasteiger partial charge >= 0.3 is 0 Å². The van der Waals surface area contributed by atoms with Crippen molar-refractivity contribution in [2.24, 2.45) is 5.92 Å². The Labute approximate surface area is 105 Å². The van der Waals surface area contributed by atoms with E-state index in [1.165, 1.54) is 0 Å². The standard InChI is InChI=1S/C12H26N2O2S/c1-12(2,3)14-7-4-6-13-9-11-5-8-17(15,16)10-11/h11,13-14H,4-10H2,1-3H3. The third-order valence-corrected chi connectivity index (χ3v) is 4.78. The lowest BCUT2D eigenvalue weighted by Crippen LogP contribution is -2.37. The van der Waals surface area contributed by atoms with Crippen molar-refractivity contribution >= 4 is 9.84 Å². The summed E-state index contributed by atoms with van der Waals surface area (Å²) < 4.78 is 22.5. The predicted molar refractivity (Wildman–Crippen MR) is 72.0 cm³/mol. The van der Waals surface area contributed by atoms with Crippen LogP contribution in [-0.4, -0.2) is 45.1 Å². The second-order valence-electron chi connectivity index (χ2n) is 6.00. The summed E-state index contributed by atoms with van der Waals surface area (Å²) in [5, 5.41) is 6.77. The molecule has 1 fully saturated rings. The molecule has 1 saturated heterocycles. The minimum absolute atomic E-state index is 0.180. The Morgan fingerprint density at radius 1 is 1.24 bits per heavy atom. The van der Waals surface area contributed by atoms with Crippen molar-refractivity contribution in [1.82, 2.24) is 10.6 Å². The maximum atomic E-state index is 11.2. The van der Waals surface area contributed by atoms with Crippen LogP contribution in [0.1, 0.15) is 33.6 Å². The quantitative estimate of drug-likeness (QED) is 0.695. The Balaban J connectivity index is 1.99. The molecule has 1 aliphatic rings. The van der Waals surface area contributed by atoms with Gasteiger partial charge in [0.25, 0.3) is 0 Å². The molecule has 0 saturated carbocycles. The lowest BCUT2D eigenvalue weighted by molar-refractivity contribution is 0.415. The van der Waals surface area contributed by atoms with E-state index in [1.54, 1.807) is 0 Å². The first-order valence-electron chi connectivity index (χ1n) is 6.45. The lowest BCUT2D eigenvalue weighted by atomic mass is 10.1. The van der Waals surface area contributed by atoms with Gasteiger partial charge in [-0.15, -0.1) is 0 Å². The second kappa shape index (κ2) is 6.16. The fraction of sp³-hybridized carbons (Fsp3) is 1.00. The summed E-state index contributed by atoms with van der Waals surface area (Å²) in [6.07, 6.45) is 1.91. The number of rotatable bonds is 6. The number of hydrogen-bond acceptors (Lipinski definition) is 4. The first-order valence-corrected chi connectivity index (χ1v) is 8.27. The Morgan fingerprint density at radius 3 is 2.47 bits per heavy atom. The normalized spacial score (nSPS) is 24.1. The molecule has 4 nitrogen and oxygen atoms in total. The van der Waals surface area contributed by atoms with Crippen LogP contribution in [0.5, 0.6) is 0 Å². The van der Waals surface area contributed by atoms with E-state index in [1.807, 2.05) is 0 Å². The van der Waals surface area contributed by atoms with Crippen LogP contribution in [0, 0.1) is 5.92 Å². The highest BCUT2D eigenvalue weighted by Crippen LogP contribution is 2.17. The molecule has 0 aromatic carbocycles. The van der Waals surface area contributed by atoms with Gasteiger partial charge in [-0.3, -0.25) is 0 Å². The van der Waals surface area contributed by atoms with E-state index in [2.05, 4.69) is 31.4 Å². The Bertz CT molecular complexity index is 320. The molecule has 0 bridgehead atoms. The molecule has 0 amide bonds. The maximum absolute atomic E-state index is 11.2. The molecule has 1 heterocycles. The monoisotopic (exact) mass is 262 g/mol. The van der Waals surface area contributed by atoms with Gasteiger partial charge in [0.05, 0.1) is 11.5 Å². The molecule has 1 aliphatic heterocycles. The smallest absolute Gasteiger partial charge is 0.150 e. The van der Waals surface area contributed by atoms with Gasteiger partial charge in [0, 0.05) is 5.54 Å². The molecular formula is C12H26N2O2S. The summed E-state index contributed by atoms with van der Waals surface area (Å²) in [5.74, 6) is 1.08. The van der Waals surface area contributed by atoms with Gasteiger partial charge in [-0.1, -0.05) is 0 Å². The molecule has 2 N–H and O–H groups in total. The third kappa shape index (κ3) is 7.01. The van der Waals surface area contributed by atoms with Crippen molar-refractivity contribution in [3.05, 3.63) is 0 Å². The first-order chi connectivity index (χ1) is 7.79. The van der Waals surface area contributed by atoms with Gasteiger partial charge in [-0.25, -0.2) is 8.42 Å². The van der Waals surface area contributed by atoms with E-state index in [0.717, 1.165) is 32.5 Å². The van der Waals surface area contributed by atoms with E-state index < -0.39 is 9.84 Å². The molecule has 0 spiro atoms. The summed E-state index contributed by atoms with van der Waals surface area (Å²) >= 11 is 0. The van der Waals surface area contributed by atoms with Crippen LogP contribution < -0.4 is 10.6 Å². The highest BCUT2D eigenvalue weighted by Gasteiger charge is 2.27. The Hall–Kier alpha value is -0.130. The zero-order valence-corrected chi connectivity index (χ0v) is 12.1. The van der Waals surface area contributed by atoms with Crippen LogP contribution in [0.3, 0.4) is 0 Å². The van der Waals surface area contributed by atoms with Crippen molar-refractivity contribution in [2.75, 3.05) is 31.1 Å². The highest BCUT2D eigenvalue weighted by atomic mass is 32.2. The SMILES string of the molecule is CC(C)(C)NCCCNCC1CCS(=O)(=O)C1. The number of sulfone groups is 1. The Kier molecular flexibility index (Phi) is 5.41. The topological polar surface area (TPSA) is 58.2 Å². The molecule has 0 aromatic heterocycles. The third-order valence-electron chi connectivity index (χ3n) is 2.95. The summed E-state index contributed by atoms with van der Waals surface area (Å²) in [5.41, 5.74) is 0.180. The van der Waals surface area contributed by atoms with Crippen molar-refractivity contribution in [1.29, 1.82) is 0 Å². The summed E-state index contributed by atoms with van der Waals surface area (Å²) in [6.45, 7) is 9.27. The van der Waals surface area contributed by atoms with Crippen molar-refractivity contribution in [3.8, 4) is 0 Å². The molecule has 5 heteroatoms. The molecular weight excluding hydrogens is 236 g/mol. The van der Waals surface area contributed by atoms with Crippen molar-refractivity contribution in [3.63, 3.8) is 0 Å². The molecule has 1 unspecified atom stereocenters. The van der Waals surface area contributed by atoms with Crippen LogP contribution >= 0.6 is 0 Å². The second-order valence-corrected chi connectivity index (χ2v) is 8.23. The van der Waals surface area contributed by atoms with Crippen LogP contribution in [0.25, 0.3) is 0 Å². The average Bonchev–Trinajstić information content (AvgIpc) is 2.50. The van der Waals surface area contributed by atoms with Crippen molar-refractivity contribution in [2.45, 2.75) is 39.2 Å². The molecule has 0 radical (unpaired) electrons. The lowest BCUT2D eigenvalue weighted by Gasteiger charge is -2.20. The fourth-order valence-corrected chi connectivity index (χ4v) is 3.88. The first kappa shape index (κ1) is 14.9. The molecule has 0 aliphatic carbocycles. The van der Waals surface area contributed by atoms with Crippen LogP contribution in [0.4, 0.5) is 0 Å². The molecule has 1 atom stereocenters. The minimum Gasteiger partial charge on any atom is -0.316 e. The summed E-state index contributed by atoms with van der Waals surface area (Å²) in [7, 11) is -2.71. The molecule has 1 rings (SSSR count). The van der Waals surface area contributed by atoms with Gasteiger partial charge in [0.15, 0.2) is 9.84 Å². The molecule has 102 valence electrons. The van der Waals surface area contributed by atoms with E-state index in [0.29, 0.717) is 17.4 Å². The maximum Gasteiger partial charge on any atom is 0.150 e. The van der Waals surface area contributed by atoms with Crippen molar-refractivity contribution < 1.29 is 8.42 Å². The highest BCUT2D eigenvalue weighted by molar-refractivity contribution is 7.91. The van der Waals surface area contributed by atoms with Crippen LogP contribution in [-0.2, 0) is 9.84 Å². The number of nitrogens with one attached hydrogen (secondary N) is 2. The van der Waals surface area contributed by atoms with Gasteiger partial charge in [0.2, 0.25) is 0 Å².